The van der Waals surface area contributed by atoms with Crippen molar-refractivity contribution >= 4 is 33.3 Å². The summed E-state index contributed by atoms with van der Waals surface area (Å²) < 4.78 is 14.5. The van der Waals surface area contributed by atoms with E-state index in [9.17, 15) is 4.39 Å². The molecule has 1 aromatic carbocycles. The first-order valence-electron chi connectivity index (χ1n) is 4.86. The number of aryl methyl sites for hydroxylation is 1. The van der Waals surface area contributed by atoms with Gasteiger partial charge in [-0.1, -0.05) is 17.7 Å². The molecule has 2 nitrogen and oxygen atoms in total. The number of benzene rings is 1. The third kappa shape index (κ3) is 2.28. The molecule has 0 atom stereocenters. The van der Waals surface area contributed by atoms with Crippen LogP contribution < -0.4 is 5.73 Å². The molecule has 0 amide bonds. The number of nitrogens with two attached hydrogens (primary N) is 1. The van der Waals surface area contributed by atoms with Gasteiger partial charge in [-0.15, -0.1) is 0 Å². The third-order valence-corrected chi connectivity index (χ3v) is 3.72. The number of nitrogens with zero attached hydrogens (tertiary/aromatic N) is 1. The van der Waals surface area contributed by atoms with Crippen LogP contribution in [0.3, 0.4) is 0 Å². The zero-order valence-corrected chi connectivity index (χ0v) is 11.3. The molecule has 0 saturated carbocycles. The molecule has 1 heterocycles. The highest BCUT2D eigenvalue weighted by atomic mass is 79.9. The second-order valence-electron chi connectivity index (χ2n) is 3.65. The maximum atomic E-state index is 14.0. The third-order valence-electron chi connectivity index (χ3n) is 2.46. The largest absolute Gasteiger partial charge is 0.384 e. The number of halogens is 3. The second kappa shape index (κ2) is 4.63. The molecule has 0 aliphatic heterocycles. The summed E-state index contributed by atoms with van der Waals surface area (Å²) in [5.41, 5.74) is 7.52. The van der Waals surface area contributed by atoms with Crippen LogP contribution in [0.2, 0.25) is 5.02 Å². The van der Waals surface area contributed by atoms with Crippen LogP contribution in [0, 0.1) is 12.7 Å². The van der Waals surface area contributed by atoms with E-state index >= 15 is 0 Å². The van der Waals surface area contributed by atoms with Crippen molar-refractivity contribution < 1.29 is 4.39 Å². The lowest BCUT2D eigenvalue weighted by atomic mass is 10.0. The van der Waals surface area contributed by atoms with Crippen molar-refractivity contribution in [1.29, 1.82) is 0 Å². The fourth-order valence-electron chi connectivity index (χ4n) is 1.59. The molecule has 2 N–H and O–H groups in total. The van der Waals surface area contributed by atoms with Crippen LogP contribution in [0.5, 0.6) is 0 Å². The van der Waals surface area contributed by atoms with E-state index in [1.54, 1.807) is 24.4 Å². The fourth-order valence-corrected chi connectivity index (χ4v) is 2.06. The maximum Gasteiger partial charge on any atom is 0.150 e. The summed E-state index contributed by atoms with van der Waals surface area (Å²) in [6, 6.07) is 5.06. The molecule has 0 radical (unpaired) electrons. The van der Waals surface area contributed by atoms with Gasteiger partial charge in [-0.2, -0.15) is 0 Å². The Bertz CT molecular complexity index is 587. The molecular weight excluding hydrogens is 307 g/mol. The van der Waals surface area contributed by atoms with Crippen LogP contribution in [-0.2, 0) is 0 Å². The van der Waals surface area contributed by atoms with E-state index in [2.05, 4.69) is 20.9 Å². The van der Waals surface area contributed by atoms with Crippen LogP contribution >= 0.6 is 27.5 Å². The Morgan fingerprint density at radius 3 is 2.71 bits per heavy atom. The van der Waals surface area contributed by atoms with Gasteiger partial charge in [0.05, 0.1) is 5.02 Å². The summed E-state index contributed by atoms with van der Waals surface area (Å²) in [6.45, 7) is 1.85. The standard InChI is InChI=1S/C12H9BrClFN2/c1-6-4-10(16)17-5-8(6)7-2-3-9(13)11(14)12(7)15/h2-5H,1H3,(H2,16,17). The van der Waals surface area contributed by atoms with Crippen molar-refractivity contribution in [2.24, 2.45) is 0 Å². The Morgan fingerprint density at radius 1 is 1.35 bits per heavy atom. The van der Waals surface area contributed by atoms with Crippen molar-refractivity contribution in [2.75, 3.05) is 5.73 Å². The lowest BCUT2D eigenvalue weighted by Gasteiger charge is -2.09. The lowest BCUT2D eigenvalue weighted by Crippen LogP contribution is -1.95. The highest BCUT2D eigenvalue weighted by Crippen LogP contribution is 2.34. The normalized spacial score (nSPS) is 10.6. The highest BCUT2D eigenvalue weighted by molar-refractivity contribution is 9.10. The van der Waals surface area contributed by atoms with E-state index < -0.39 is 5.82 Å². The van der Waals surface area contributed by atoms with Crippen LogP contribution in [0.15, 0.2) is 28.9 Å². The molecule has 0 spiro atoms. The van der Waals surface area contributed by atoms with Gasteiger partial charge in [-0.25, -0.2) is 9.37 Å². The molecule has 17 heavy (non-hydrogen) atoms. The number of nitrogen functional groups attached to an aromatic ring is 1. The second-order valence-corrected chi connectivity index (χ2v) is 4.88. The van der Waals surface area contributed by atoms with Crippen LogP contribution in [-0.4, -0.2) is 4.98 Å². The van der Waals surface area contributed by atoms with Crippen LogP contribution in [0.1, 0.15) is 5.56 Å². The van der Waals surface area contributed by atoms with Gasteiger partial charge in [0, 0.05) is 21.8 Å². The number of anilines is 1. The van der Waals surface area contributed by atoms with E-state index in [0.29, 0.717) is 21.4 Å². The monoisotopic (exact) mass is 314 g/mol. The van der Waals surface area contributed by atoms with Crippen molar-refractivity contribution in [3.05, 3.63) is 45.3 Å². The summed E-state index contributed by atoms with van der Waals surface area (Å²) in [5.74, 6) is -0.0504. The molecule has 0 bridgehead atoms. The highest BCUT2D eigenvalue weighted by Gasteiger charge is 2.13. The maximum absolute atomic E-state index is 14.0. The van der Waals surface area contributed by atoms with Gasteiger partial charge in [0.1, 0.15) is 5.82 Å². The first-order chi connectivity index (χ1) is 8.00. The first kappa shape index (κ1) is 12.3. The Balaban J connectivity index is 2.65. The van der Waals surface area contributed by atoms with Gasteiger partial charge in [0.15, 0.2) is 5.82 Å². The summed E-state index contributed by atoms with van der Waals surface area (Å²) in [5, 5.41) is 0.0683. The quantitative estimate of drug-likeness (QED) is 0.801. The SMILES string of the molecule is Cc1cc(N)ncc1-c1ccc(Br)c(Cl)c1F. The minimum Gasteiger partial charge on any atom is -0.384 e. The molecule has 0 unspecified atom stereocenters. The molecule has 5 heteroatoms. The van der Waals surface area contributed by atoms with Crippen molar-refractivity contribution in [3.63, 3.8) is 0 Å². The number of aromatic nitrogens is 1. The zero-order chi connectivity index (χ0) is 12.6. The smallest absolute Gasteiger partial charge is 0.150 e. The predicted molar refractivity (Wildman–Crippen MR) is 71.5 cm³/mol. The molecular formula is C12H9BrClFN2. The van der Waals surface area contributed by atoms with Gasteiger partial charge in [0.2, 0.25) is 0 Å². The van der Waals surface area contributed by atoms with Crippen molar-refractivity contribution in [2.45, 2.75) is 6.92 Å². The van der Waals surface area contributed by atoms with Gasteiger partial charge >= 0.3 is 0 Å². The summed E-state index contributed by atoms with van der Waals surface area (Å²) >= 11 is 9.02. The topological polar surface area (TPSA) is 38.9 Å². The van der Waals surface area contributed by atoms with Crippen molar-refractivity contribution in [1.82, 2.24) is 4.98 Å². The zero-order valence-electron chi connectivity index (χ0n) is 8.97. The van der Waals surface area contributed by atoms with Crippen LogP contribution in [0.25, 0.3) is 11.1 Å². The Kier molecular flexibility index (Phi) is 3.35. The fraction of sp³-hybridized carbons (Fsp3) is 0.0833. The molecule has 1 aromatic heterocycles. The van der Waals surface area contributed by atoms with Gasteiger partial charge < -0.3 is 5.73 Å². The van der Waals surface area contributed by atoms with E-state index in [4.69, 9.17) is 17.3 Å². The number of hydrogen-bond acceptors (Lipinski definition) is 2. The van der Waals surface area contributed by atoms with E-state index in [1.807, 2.05) is 6.92 Å². The van der Waals surface area contributed by atoms with E-state index in [1.165, 1.54) is 0 Å². The van der Waals surface area contributed by atoms with E-state index in [-0.39, 0.29) is 5.02 Å². The van der Waals surface area contributed by atoms with Gasteiger partial charge in [0.25, 0.3) is 0 Å². The van der Waals surface area contributed by atoms with Crippen molar-refractivity contribution in [3.8, 4) is 11.1 Å². The molecule has 0 aliphatic carbocycles. The number of hydrogen-bond donors (Lipinski definition) is 1. The average Bonchev–Trinajstić information content (AvgIpc) is 2.28. The first-order valence-corrected chi connectivity index (χ1v) is 6.04. The predicted octanol–water partition coefficient (Wildman–Crippen LogP) is 4.19. The molecule has 0 fully saturated rings. The number of pyridine rings is 1. The van der Waals surface area contributed by atoms with Crippen LogP contribution in [0.4, 0.5) is 10.2 Å². The summed E-state index contributed by atoms with van der Waals surface area (Å²) in [6.07, 6.45) is 1.55. The van der Waals surface area contributed by atoms with E-state index in [0.717, 1.165) is 5.56 Å². The molecule has 2 aromatic rings. The Hall–Kier alpha value is -1.13. The molecule has 0 saturated heterocycles. The summed E-state index contributed by atoms with van der Waals surface area (Å²) in [7, 11) is 0. The minimum atomic E-state index is -0.462. The lowest BCUT2D eigenvalue weighted by molar-refractivity contribution is 0.630. The number of rotatable bonds is 1. The molecule has 2 rings (SSSR count). The molecule has 0 aliphatic rings. The molecule has 88 valence electrons. The summed E-state index contributed by atoms with van der Waals surface area (Å²) in [4.78, 5) is 3.97. The average molecular weight is 316 g/mol. The Morgan fingerprint density at radius 2 is 2.06 bits per heavy atom. The van der Waals surface area contributed by atoms with Gasteiger partial charge in [-0.3, -0.25) is 0 Å². The minimum absolute atomic E-state index is 0.0683. The van der Waals surface area contributed by atoms with Gasteiger partial charge in [-0.05, 0) is 40.5 Å². The Labute approximate surface area is 112 Å².